The van der Waals surface area contributed by atoms with Gasteiger partial charge in [0.2, 0.25) is 0 Å². The van der Waals surface area contributed by atoms with Crippen molar-refractivity contribution in [2.45, 2.75) is 25.9 Å². The van der Waals surface area contributed by atoms with Gasteiger partial charge in [-0.25, -0.2) is 0 Å². The topological polar surface area (TPSA) is 38.7 Å². The molecule has 3 heteroatoms. The van der Waals surface area contributed by atoms with Gasteiger partial charge in [-0.1, -0.05) is 12.6 Å². The smallest absolute Gasteiger partial charge is 0.160 e. The molecular weight excluding hydrogens is 216 g/mol. The van der Waals surface area contributed by atoms with Crippen LogP contribution >= 0.6 is 0 Å². The summed E-state index contributed by atoms with van der Waals surface area (Å²) >= 11 is 0. The van der Waals surface area contributed by atoms with E-state index in [1.165, 1.54) is 0 Å². The van der Waals surface area contributed by atoms with Crippen molar-refractivity contribution < 1.29 is 14.6 Å². The third-order valence-electron chi connectivity index (χ3n) is 2.92. The lowest BCUT2D eigenvalue weighted by molar-refractivity contribution is 0.0995. The van der Waals surface area contributed by atoms with Gasteiger partial charge in [0, 0.05) is 6.42 Å². The average Bonchev–Trinajstić information content (AvgIpc) is 2.28. The van der Waals surface area contributed by atoms with Crippen LogP contribution in [0.5, 0.6) is 11.5 Å². The minimum absolute atomic E-state index is 0.503. The minimum atomic E-state index is -0.903. The Morgan fingerprint density at radius 2 is 1.88 bits per heavy atom. The van der Waals surface area contributed by atoms with Crippen molar-refractivity contribution in [2.75, 3.05) is 14.2 Å². The molecule has 0 saturated carbocycles. The molecule has 0 aliphatic heterocycles. The fourth-order valence-electron chi connectivity index (χ4n) is 1.54. The van der Waals surface area contributed by atoms with Gasteiger partial charge in [-0.15, -0.1) is 0 Å². The van der Waals surface area contributed by atoms with E-state index in [2.05, 4.69) is 6.58 Å². The van der Waals surface area contributed by atoms with Crippen molar-refractivity contribution in [1.29, 1.82) is 0 Å². The maximum atomic E-state index is 10.2. The molecule has 0 radical (unpaired) electrons. The Balaban J connectivity index is 2.97. The zero-order valence-electron chi connectivity index (χ0n) is 10.9. The molecule has 94 valence electrons. The average molecular weight is 236 g/mol. The molecular formula is C14H20O3. The van der Waals surface area contributed by atoms with Crippen LogP contribution in [-0.4, -0.2) is 24.9 Å². The number of rotatable bonds is 5. The quantitative estimate of drug-likeness (QED) is 0.799. The highest BCUT2D eigenvalue weighted by molar-refractivity contribution is 5.43. The maximum absolute atomic E-state index is 10.2. The lowest BCUT2D eigenvalue weighted by Crippen LogP contribution is -2.28. The minimum Gasteiger partial charge on any atom is -0.493 e. The zero-order chi connectivity index (χ0) is 13.1. The van der Waals surface area contributed by atoms with Gasteiger partial charge < -0.3 is 14.6 Å². The molecule has 3 nitrogen and oxygen atoms in total. The highest BCUT2D eigenvalue weighted by Crippen LogP contribution is 2.30. The van der Waals surface area contributed by atoms with Crippen LogP contribution in [0.2, 0.25) is 0 Å². The van der Waals surface area contributed by atoms with Crippen molar-refractivity contribution in [3.05, 3.63) is 35.9 Å². The van der Waals surface area contributed by atoms with Gasteiger partial charge in [-0.3, -0.25) is 0 Å². The van der Waals surface area contributed by atoms with Crippen molar-refractivity contribution in [1.82, 2.24) is 0 Å². The van der Waals surface area contributed by atoms with Gasteiger partial charge in [0.25, 0.3) is 0 Å². The first-order valence-corrected chi connectivity index (χ1v) is 5.50. The van der Waals surface area contributed by atoms with Crippen LogP contribution in [0.1, 0.15) is 19.4 Å². The van der Waals surface area contributed by atoms with Gasteiger partial charge in [0.05, 0.1) is 19.8 Å². The Kier molecular flexibility index (Phi) is 4.18. The third-order valence-corrected chi connectivity index (χ3v) is 2.92. The molecule has 0 aliphatic carbocycles. The molecule has 1 unspecified atom stereocenters. The summed E-state index contributed by atoms with van der Waals surface area (Å²) in [6, 6.07) is 5.62. The van der Waals surface area contributed by atoms with Crippen LogP contribution in [0.25, 0.3) is 0 Å². The largest absolute Gasteiger partial charge is 0.493 e. The van der Waals surface area contributed by atoms with E-state index in [9.17, 15) is 5.11 Å². The Labute approximate surface area is 103 Å². The molecule has 1 aromatic rings. The van der Waals surface area contributed by atoms with E-state index in [0.717, 1.165) is 11.1 Å². The number of ether oxygens (including phenoxy) is 2. The standard InChI is InChI=1S/C14H20O3/c1-10(2)14(3,15)9-11-6-7-12(16-4)13(8-11)17-5/h6-8,15H,1,9H2,2-5H3. The van der Waals surface area contributed by atoms with Gasteiger partial charge in [-0.05, 0) is 37.1 Å². The van der Waals surface area contributed by atoms with E-state index in [0.29, 0.717) is 17.9 Å². The molecule has 0 fully saturated rings. The lowest BCUT2D eigenvalue weighted by Gasteiger charge is -2.24. The van der Waals surface area contributed by atoms with E-state index >= 15 is 0 Å². The van der Waals surface area contributed by atoms with Crippen molar-refractivity contribution in [3.63, 3.8) is 0 Å². The summed E-state index contributed by atoms with van der Waals surface area (Å²) in [5.41, 5.74) is 0.822. The Hall–Kier alpha value is -1.48. The number of benzene rings is 1. The zero-order valence-corrected chi connectivity index (χ0v) is 10.9. The summed E-state index contributed by atoms with van der Waals surface area (Å²) < 4.78 is 10.4. The fourth-order valence-corrected chi connectivity index (χ4v) is 1.54. The molecule has 0 saturated heterocycles. The van der Waals surface area contributed by atoms with E-state index < -0.39 is 5.60 Å². The fraction of sp³-hybridized carbons (Fsp3) is 0.429. The molecule has 0 bridgehead atoms. The second-order valence-corrected chi connectivity index (χ2v) is 4.42. The summed E-state index contributed by atoms with van der Waals surface area (Å²) in [6.45, 7) is 7.37. The number of hydrogen-bond donors (Lipinski definition) is 1. The molecule has 0 aliphatic rings. The van der Waals surface area contributed by atoms with E-state index in [1.54, 1.807) is 21.1 Å². The summed E-state index contributed by atoms with van der Waals surface area (Å²) in [4.78, 5) is 0. The SMILES string of the molecule is C=C(C)C(C)(O)Cc1ccc(OC)c(OC)c1. The molecule has 1 aromatic carbocycles. The molecule has 0 spiro atoms. The van der Waals surface area contributed by atoms with E-state index in [1.807, 2.05) is 25.1 Å². The third kappa shape index (κ3) is 3.24. The molecule has 0 amide bonds. The van der Waals surface area contributed by atoms with Gasteiger partial charge in [-0.2, -0.15) is 0 Å². The summed E-state index contributed by atoms with van der Waals surface area (Å²) in [6.07, 6.45) is 0.503. The van der Waals surface area contributed by atoms with Crippen molar-refractivity contribution in [2.24, 2.45) is 0 Å². The van der Waals surface area contributed by atoms with Crippen LogP contribution in [0.15, 0.2) is 30.4 Å². The van der Waals surface area contributed by atoms with Crippen molar-refractivity contribution >= 4 is 0 Å². The monoisotopic (exact) mass is 236 g/mol. The number of hydrogen-bond acceptors (Lipinski definition) is 3. The predicted octanol–water partition coefficient (Wildman–Crippen LogP) is 2.57. The Bertz CT molecular complexity index is 408. The van der Waals surface area contributed by atoms with Gasteiger partial charge in [0.1, 0.15) is 0 Å². The first kappa shape index (κ1) is 13.6. The van der Waals surface area contributed by atoms with E-state index in [4.69, 9.17) is 9.47 Å². The van der Waals surface area contributed by atoms with Crippen LogP contribution < -0.4 is 9.47 Å². The summed E-state index contributed by atoms with van der Waals surface area (Å²) in [7, 11) is 3.19. The predicted molar refractivity (Wildman–Crippen MR) is 68.7 cm³/mol. The highest BCUT2D eigenvalue weighted by atomic mass is 16.5. The molecule has 0 aromatic heterocycles. The molecule has 1 atom stereocenters. The van der Waals surface area contributed by atoms with Gasteiger partial charge in [0.15, 0.2) is 11.5 Å². The molecule has 1 rings (SSSR count). The molecule has 0 heterocycles. The van der Waals surface area contributed by atoms with Crippen molar-refractivity contribution in [3.8, 4) is 11.5 Å². The number of aliphatic hydroxyl groups is 1. The van der Waals surface area contributed by atoms with Crippen LogP contribution in [0, 0.1) is 0 Å². The van der Waals surface area contributed by atoms with E-state index in [-0.39, 0.29) is 0 Å². The van der Waals surface area contributed by atoms with Gasteiger partial charge >= 0.3 is 0 Å². The number of methoxy groups -OCH3 is 2. The Morgan fingerprint density at radius 1 is 1.29 bits per heavy atom. The molecule has 1 N–H and O–H groups in total. The first-order valence-electron chi connectivity index (χ1n) is 5.50. The second kappa shape index (κ2) is 5.23. The second-order valence-electron chi connectivity index (χ2n) is 4.42. The highest BCUT2D eigenvalue weighted by Gasteiger charge is 2.22. The summed E-state index contributed by atoms with van der Waals surface area (Å²) in [5.74, 6) is 1.36. The van der Waals surface area contributed by atoms with Crippen LogP contribution in [0.3, 0.4) is 0 Å². The normalized spacial score (nSPS) is 13.9. The Morgan fingerprint density at radius 3 is 2.35 bits per heavy atom. The lowest BCUT2D eigenvalue weighted by atomic mass is 9.90. The summed E-state index contributed by atoms with van der Waals surface area (Å²) in [5, 5.41) is 10.2. The van der Waals surface area contributed by atoms with Crippen LogP contribution in [-0.2, 0) is 6.42 Å². The molecule has 17 heavy (non-hydrogen) atoms. The first-order chi connectivity index (χ1) is 7.90. The van der Waals surface area contributed by atoms with Crippen LogP contribution in [0.4, 0.5) is 0 Å². The maximum Gasteiger partial charge on any atom is 0.160 e.